The first-order chi connectivity index (χ1) is 18.6. The molecule has 4 aromatic rings. The summed E-state index contributed by atoms with van der Waals surface area (Å²) in [6, 6.07) is 6.64. The lowest BCUT2D eigenvalue weighted by Gasteiger charge is -2.35. The summed E-state index contributed by atoms with van der Waals surface area (Å²) in [5, 5.41) is 8.74. The van der Waals surface area contributed by atoms with Gasteiger partial charge in [-0.2, -0.15) is 5.10 Å². The SMILES string of the molecule is C=C/C=C(\c1cc(-c2[nH]nc3ncc(-c4cncc(CN5CCCC5)c4)cc23)[nH]c1C)N1CCN(C)CC1. The first kappa shape index (κ1) is 24.6. The molecule has 0 radical (unpaired) electrons. The number of aromatic amines is 2. The van der Waals surface area contributed by atoms with Gasteiger partial charge in [-0.05, 0) is 69.7 Å². The highest BCUT2D eigenvalue weighted by molar-refractivity contribution is 5.93. The van der Waals surface area contributed by atoms with Gasteiger partial charge in [-0.1, -0.05) is 12.7 Å². The number of piperazine rings is 1. The number of allylic oxidation sites excluding steroid dienone is 2. The summed E-state index contributed by atoms with van der Waals surface area (Å²) in [6.45, 7) is 13.5. The topological polar surface area (TPSA) is 80.0 Å². The molecule has 2 N–H and O–H groups in total. The summed E-state index contributed by atoms with van der Waals surface area (Å²) in [6.07, 6.45) is 12.4. The zero-order chi connectivity index (χ0) is 26.1. The number of nitrogens with zero attached hydrogens (tertiary/aromatic N) is 6. The van der Waals surface area contributed by atoms with Crippen molar-refractivity contribution in [1.29, 1.82) is 0 Å². The molecule has 0 aliphatic carbocycles. The number of aryl methyl sites for hydroxylation is 1. The first-order valence-electron chi connectivity index (χ1n) is 13.6. The van der Waals surface area contributed by atoms with Crippen molar-refractivity contribution in [3.05, 3.63) is 72.3 Å². The lowest BCUT2D eigenvalue weighted by atomic mass is 10.1. The normalized spacial score (nSPS) is 17.5. The summed E-state index contributed by atoms with van der Waals surface area (Å²) in [4.78, 5) is 20.2. The van der Waals surface area contributed by atoms with Crippen LogP contribution in [0.5, 0.6) is 0 Å². The van der Waals surface area contributed by atoms with Gasteiger partial charge in [-0.25, -0.2) is 4.98 Å². The quantitative estimate of drug-likeness (QED) is 0.353. The highest BCUT2D eigenvalue weighted by Gasteiger charge is 2.21. The molecule has 196 valence electrons. The molecule has 6 rings (SSSR count). The molecule has 8 heteroatoms. The maximum absolute atomic E-state index is 4.68. The Morgan fingerprint density at radius 3 is 2.58 bits per heavy atom. The van der Waals surface area contributed by atoms with Crippen LogP contribution in [0.1, 0.15) is 29.7 Å². The third-order valence-corrected chi connectivity index (χ3v) is 7.82. The van der Waals surface area contributed by atoms with Crippen molar-refractivity contribution in [2.24, 2.45) is 0 Å². The third kappa shape index (κ3) is 4.89. The van der Waals surface area contributed by atoms with Crippen molar-refractivity contribution < 1.29 is 0 Å². The number of H-pyrrole nitrogens is 2. The summed E-state index contributed by atoms with van der Waals surface area (Å²) in [5.74, 6) is 0. The molecule has 0 aromatic carbocycles. The van der Waals surface area contributed by atoms with E-state index in [1.807, 2.05) is 24.7 Å². The number of likely N-dealkylation sites (tertiary alicyclic amines) is 1. The Kier molecular flexibility index (Phi) is 6.82. The van der Waals surface area contributed by atoms with E-state index in [-0.39, 0.29) is 0 Å². The molecule has 0 unspecified atom stereocenters. The minimum absolute atomic E-state index is 0.708. The predicted molar refractivity (Wildman–Crippen MR) is 153 cm³/mol. The average Bonchev–Trinajstić information content (AvgIpc) is 3.68. The molecule has 6 heterocycles. The Balaban J connectivity index is 1.32. The van der Waals surface area contributed by atoms with Crippen molar-refractivity contribution in [2.75, 3.05) is 46.3 Å². The van der Waals surface area contributed by atoms with E-state index in [9.17, 15) is 0 Å². The minimum Gasteiger partial charge on any atom is -0.368 e. The Morgan fingerprint density at radius 2 is 1.79 bits per heavy atom. The van der Waals surface area contributed by atoms with Crippen LogP contribution in [0.4, 0.5) is 0 Å². The average molecular weight is 509 g/mol. The summed E-state index contributed by atoms with van der Waals surface area (Å²) >= 11 is 0. The minimum atomic E-state index is 0.708. The van der Waals surface area contributed by atoms with Crippen molar-refractivity contribution in [3.8, 4) is 22.5 Å². The van der Waals surface area contributed by atoms with Crippen molar-refractivity contribution in [1.82, 2.24) is 39.8 Å². The standard InChI is InChI=1S/C30H36N8/c1-4-7-28(38-12-10-36(3)11-13-38)25-16-27(33-21(25)2)29-26-15-24(19-32-30(26)35-34-29)23-14-22(17-31-18-23)20-37-8-5-6-9-37/h4,7,14-19,33H,1,5-6,8-13,20H2,2-3H3,(H,32,34,35)/b28-7+. The highest BCUT2D eigenvalue weighted by atomic mass is 15.3. The van der Waals surface area contributed by atoms with Crippen LogP contribution in [-0.2, 0) is 6.54 Å². The van der Waals surface area contributed by atoms with Gasteiger partial charge in [-0.15, -0.1) is 0 Å². The van der Waals surface area contributed by atoms with Crippen LogP contribution in [0, 0.1) is 6.92 Å². The number of nitrogens with one attached hydrogen (secondary N) is 2. The second kappa shape index (κ2) is 10.6. The second-order valence-electron chi connectivity index (χ2n) is 10.6. The molecule has 0 amide bonds. The molecule has 0 atom stereocenters. The van der Waals surface area contributed by atoms with Gasteiger partial charge in [-0.3, -0.25) is 15.0 Å². The lowest BCUT2D eigenvalue weighted by Crippen LogP contribution is -2.43. The molecule has 0 saturated carbocycles. The maximum Gasteiger partial charge on any atom is 0.181 e. The van der Waals surface area contributed by atoms with Crippen LogP contribution in [0.3, 0.4) is 0 Å². The van der Waals surface area contributed by atoms with E-state index in [0.717, 1.165) is 66.3 Å². The van der Waals surface area contributed by atoms with Crippen LogP contribution in [0.15, 0.2) is 55.5 Å². The fourth-order valence-corrected chi connectivity index (χ4v) is 5.68. The second-order valence-corrected chi connectivity index (χ2v) is 10.6. The molecule has 2 saturated heterocycles. The van der Waals surface area contributed by atoms with Gasteiger partial charge in [0, 0.05) is 84.8 Å². The molecule has 8 nitrogen and oxygen atoms in total. The van der Waals surface area contributed by atoms with E-state index in [1.165, 1.54) is 42.8 Å². The monoisotopic (exact) mass is 508 g/mol. The summed E-state index contributed by atoms with van der Waals surface area (Å²) in [5.41, 5.74) is 9.54. The zero-order valence-electron chi connectivity index (χ0n) is 22.4. The van der Waals surface area contributed by atoms with Gasteiger partial charge < -0.3 is 14.8 Å². The van der Waals surface area contributed by atoms with Gasteiger partial charge >= 0.3 is 0 Å². The Morgan fingerprint density at radius 1 is 1.00 bits per heavy atom. The van der Waals surface area contributed by atoms with Crippen LogP contribution < -0.4 is 0 Å². The predicted octanol–water partition coefficient (Wildman–Crippen LogP) is 4.69. The number of pyridine rings is 2. The van der Waals surface area contributed by atoms with E-state index in [1.54, 1.807) is 0 Å². The fraction of sp³-hybridized carbons (Fsp3) is 0.367. The molecular formula is C30H36N8. The summed E-state index contributed by atoms with van der Waals surface area (Å²) in [7, 11) is 2.18. The van der Waals surface area contributed by atoms with E-state index in [2.05, 4.69) is 84.7 Å². The molecule has 38 heavy (non-hydrogen) atoms. The van der Waals surface area contributed by atoms with Crippen LogP contribution in [0.25, 0.3) is 39.2 Å². The number of hydrogen-bond donors (Lipinski definition) is 2. The van der Waals surface area contributed by atoms with Crippen molar-refractivity contribution in [2.45, 2.75) is 26.3 Å². The Bertz CT molecular complexity index is 1460. The number of fused-ring (bicyclic) bond motifs is 1. The van der Waals surface area contributed by atoms with Gasteiger partial charge in [0.15, 0.2) is 5.65 Å². The summed E-state index contributed by atoms with van der Waals surface area (Å²) < 4.78 is 0. The van der Waals surface area contributed by atoms with Gasteiger partial charge in [0.05, 0.1) is 11.4 Å². The maximum atomic E-state index is 4.68. The van der Waals surface area contributed by atoms with E-state index in [0.29, 0.717) is 5.65 Å². The Hall–Kier alpha value is -3.75. The third-order valence-electron chi connectivity index (χ3n) is 7.82. The van der Waals surface area contributed by atoms with E-state index in [4.69, 9.17) is 0 Å². The number of aromatic nitrogens is 5. The van der Waals surface area contributed by atoms with Crippen LogP contribution in [0.2, 0.25) is 0 Å². The van der Waals surface area contributed by atoms with Gasteiger partial charge in [0.1, 0.15) is 0 Å². The highest BCUT2D eigenvalue weighted by Crippen LogP contribution is 2.33. The molecule has 2 fully saturated rings. The molecule has 0 spiro atoms. The molecule has 2 aliphatic rings. The molecular weight excluding hydrogens is 472 g/mol. The van der Waals surface area contributed by atoms with E-state index < -0.39 is 0 Å². The lowest BCUT2D eigenvalue weighted by molar-refractivity contribution is 0.207. The van der Waals surface area contributed by atoms with Crippen molar-refractivity contribution in [3.63, 3.8) is 0 Å². The van der Waals surface area contributed by atoms with Crippen LogP contribution >= 0.6 is 0 Å². The van der Waals surface area contributed by atoms with Gasteiger partial charge in [0.2, 0.25) is 0 Å². The number of likely N-dealkylation sites (N-methyl/N-ethyl adjacent to an activating group) is 1. The van der Waals surface area contributed by atoms with Crippen LogP contribution in [-0.4, -0.2) is 86.2 Å². The molecule has 2 aliphatic heterocycles. The van der Waals surface area contributed by atoms with E-state index >= 15 is 0 Å². The molecule has 0 bridgehead atoms. The van der Waals surface area contributed by atoms with Crippen molar-refractivity contribution >= 4 is 16.7 Å². The Labute approximate surface area is 224 Å². The fourth-order valence-electron chi connectivity index (χ4n) is 5.68. The largest absolute Gasteiger partial charge is 0.368 e. The van der Waals surface area contributed by atoms with Gasteiger partial charge in [0.25, 0.3) is 0 Å². The zero-order valence-corrected chi connectivity index (χ0v) is 22.4. The molecule has 4 aromatic heterocycles. The first-order valence-corrected chi connectivity index (χ1v) is 13.6. The smallest absolute Gasteiger partial charge is 0.181 e. The number of rotatable bonds is 7. The number of hydrogen-bond acceptors (Lipinski definition) is 6.